The van der Waals surface area contributed by atoms with Crippen LogP contribution in [0.3, 0.4) is 0 Å². The lowest BCUT2D eigenvalue weighted by Crippen LogP contribution is -2.45. The van der Waals surface area contributed by atoms with Crippen molar-refractivity contribution >= 4 is 5.91 Å². The molecule has 2 heterocycles. The Morgan fingerprint density at radius 1 is 0.825 bits per heavy atom. The number of amides is 1. The smallest absolute Gasteiger partial charge is 0.251 e. The zero-order chi connectivity index (χ0) is 27.7. The molecule has 0 bridgehead atoms. The van der Waals surface area contributed by atoms with Crippen molar-refractivity contribution in [3.63, 3.8) is 0 Å². The molecule has 6 heteroatoms. The van der Waals surface area contributed by atoms with E-state index in [2.05, 4.69) is 29.3 Å². The van der Waals surface area contributed by atoms with Crippen LogP contribution in [0.2, 0.25) is 0 Å². The van der Waals surface area contributed by atoms with E-state index in [0.29, 0.717) is 12.1 Å². The fourth-order valence-corrected chi connectivity index (χ4v) is 5.74. The van der Waals surface area contributed by atoms with E-state index in [9.17, 15) is 9.90 Å². The summed E-state index contributed by atoms with van der Waals surface area (Å²) in [5.74, 6) is 0.0915. The summed E-state index contributed by atoms with van der Waals surface area (Å²) in [6.07, 6.45) is 5.89. The second-order valence-corrected chi connectivity index (χ2v) is 11.2. The van der Waals surface area contributed by atoms with Crippen molar-refractivity contribution in [2.24, 2.45) is 5.92 Å². The Balaban J connectivity index is 1.30. The van der Waals surface area contributed by atoms with Crippen molar-refractivity contribution in [3.05, 3.63) is 107 Å². The van der Waals surface area contributed by atoms with Gasteiger partial charge in [-0.2, -0.15) is 0 Å². The lowest BCUT2D eigenvalue weighted by atomic mass is 9.89. The maximum atomic E-state index is 12.4. The minimum Gasteiger partial charge on any atom is -0.392 e. The van der Waals surface area contributed by atoms with E-state index in [4.69, 9.17) is 9.47 Å². The monoisotopic (exact) mass is 542 g/mol. The Morgan fingerprint density at radius 3 is 2.12 bits per heavy atom. The molecule has 5 rings (SSSR count). The summed E-state index contributed by atoms with van der Waals surface area (Å²) in [6.45, 7) is 5.86. The number of benzene rings is 3. The van der Waals surface area contributed by atoms with Crippen LogP contribution in [-0.4, -0.2) is 41.7 Å². The Kier molecular flexibility index (Phi) is 10.0. The number of rotatable bonds is 8. The summed E-state index contributed by atoms with van der Waals surface area (Å²) in [5.41, 5.74) is 4.65. The van der Waals surface area contributed by atoms with Crippen molar-refractivity contribution in [2.45, 2.75) is 70.7 Å². The lowest BCUT2D eigenvalue weighted by molar-refractivity contribution is -0.276. The van der Waals surface area contributed by atoms with Crippen LogP contribution in [0.15, 0.2) is 78.9 Å². The van der Waals surface area contributed by atoms with Gasteiger partial charge in [0.1, 0.15) is 0 Å². The first-order valence-electron chi connectivity index (χ1n) is 14.8. The van der Waals surface area contributed by atoms with E-state index in [0.717, 1.165) is 41.9 Å². The van der Waals surface area contributed by atoms with Crippen molar-refractivity contribution < 1.29 is 19.4 Å². The van der Waals surface area contributed by atoms with Crippen LogP contribution in [-0.2, 0) is 22.6 Å². The van der Waals surface area contributed by atoms with E-state index in [1.165, 1.54) is 32.1 Å². The number of hydrogen-bond donors (Lipinski definition) is 2. The first-order valence-corrected chi connectivity index (χ1v) is 14.8. The zero-order valence-electron chi connectivity index (χ0n) is 23.5. The molecule has 2 N–H and O–H groups in total. The number of aliphatic hydroxyl groups is 1. The molecule has 2 saturated heterocycles. The van der Waals surface area contributed by atoms with Gasteiger partial charge in [-0.15, -0.1) is 0 Å². The molecule has 1 amide bonds. The lowest BCUT2D eigenvalue weighted by Gasteiger charge is -2.43. The number of hydrogen-bond acceptors (Lipinski definition) is 5. The normalized spacial score (nSPS) is 24.1. The third-order valence-corrected chi connectivity index (χ3v) is 8.25. The predicted molar refractivity (Wildman–Crippen MR) is 157 cm³/mol. The molecule has 2 aliphatic rings. The highest BCUT2D eigenvalue weighted by atomic mass is 16.7. The van der Waals surface area contributed by atoms with E-state index < -0.39 is 6.29 Å². The van der Waals surface area contributed by atoms with E-state index in [1.807, 2.05) is 66.7 Å². The summed E-state index contributed by atoms with van der Waals surface area (Å²) >= 11 is 0. The maximum absolute atomic E-state index is 12.4. The van der Waals surface area contributed by atoms with Crippen LogP contribution < -0.4 is 5.32 Å². The molecule has 3 aromatic carbocycles. The molecule has 0 aliphatic carbocycles. The van der Waals surface area contributed by atoms with Crippen LogP contribution in [0.25, 0.3) is 0 Å². The third kappa shape index (κ3) is 7.38. The SMILES string of the molecule is C[C@@H]1[C@H](CN2CCCCCCC2)O[C@H](c2ccc(CNC(=O)c3ccccc3)cc2)O[C@@H]1c1ccc(CO)cc1. The van der Waals surface area contributed by atoms with Gasteiger partial charge in [0, 0.05) is 30.1 Å². The molecule has 3 aromatic rings. The Labute approximate surface area is 238 Å². The van der Waals surface area contributed by atoms with Gasteiger partial charge < -0.3 is 24.8 Å². The number of nitrogens with zero attached hydrogens (tertiary/aromatic N) is 1. The second-order valence-electron chi connectivity index (χ2n) is 11.2. The summed E-state index contributed by atoms with van der Waals surface area (Å²) in [5, 5.41) is 12.5. The minimum absolute atomic E-state index is 0.0306. The average Bonchev–Trinajstić information content (AvgIpc) is 2.99. The Morgan fingerprint density at radius 2 is 1.45 bits per heavy atom. The molecule has 2 aliphatic heterocycles. The summed E-state index contributed by atoms with van der Waals surface area (Å²) in [7, 11) is 0. The van der Waals surface area contributed by atoms with Gasteiger partial charge in [0.2, 0.25) is 0 Å². The average molecular weight is 543 g/mol. The fourth-order valence-electron chi connectivity index (χ4n) is 5.74. The maximum Gasteiger partial charge on any atom is 0.251 e. The molecule has 212 valence electrons. The standard InChI is InChI=1S/C34H42N2O4/c1-25-31(23-36-20-8-3-2-4-9-21-36)39-34(40-32(25)28-16-14-27(24-37)15-17-28)30-18-12-26(13-19-30)22-35-33(38)29-10-6-5-7-11-29/h5-7,10-19,25,31-32,34,37H,2-4,8-9,20-24H2,1H3,(H,35,38)/t25-,31+,32+,34+/m1/s1. The van der Waals surface area contributed by atoms with Crippen LogP contribution in [0.4, 0.5) is 0 Å². The first kappa shape index (κ1) is 28.5. The number of carbonyl (C=O) groups excluding carboxylic acids is 1. The van der Waals surface area contributed by atoms with Crippen molar-refractivity contribution in [1.29, 1.82) is 0 Å². The molecule has 0 radical (unpaired) electrons. The Hall–Kier alpha value is -3.03. The molecule has 6 nitrogen and oxygen atoms in total. The van der Waals surface area contributed by atoms with Gasteiger partial charge in [0.15, 0.2) is 6.29 Å². The van der Waals surface area contributed by atoms with Gasteiger partial charge in [-0.3, -0.25) is 4.79 Å². The van der Waals surface area contributed by atoms with Crippen LogP contribution >= 0.6 is 0 Å². The van der Waals surface area contributed by atoms with Gasteiger partial charge in [0.05, 0.1) is 18.8 Å². The van der Waals surface area contributed by atoms with Crippen molar-refractivity contribution in [2.75, 3.05) is 19.6 Å². The van der Waals surface area contributed by atoms with Gasteiger partial charge in [0.25, 0.3) is 5.91 Å². The quantitative estimate of drug-likeness (QED) is 0.356. The fraction of sp³-hybridized carbons (Fsp3) is 0.441. The molecule has 0 spiro atoms. The second kappa shape index (κ2) is 14.0. The van der Waals surface area contributed by atoms with Gasteiger partial charge in [-0.1, -0.05) is 92.9 Å². The molecular weight excluding hydrogens is 500 g/mol. The molecule has 0 unspecified atom stereocenters. The summed E-state index contributed by atoms with van der Waals surface area (Å²) in [6, 6.07) is 25.5. The number of aliphatic hydroxyl groups excluding tert-OH is 1. The van der Waals surface area contributed by atoms with E-state index in [-0.39, 0.29) is 30.6 Å². The van der Waals surface area contributed by atoms with Gasteiger partial charge >= 0.3 is 0 Å². The van der Waals surface area contributed by atoms with Crippen LogP contribution in [0.1, 0.15) is 84.0 Å². The van der Waals surface area contributed by atoms with Gasteiger partial charge in [-0.05, 0) is 54.8 Å². The number of ether oxygens (including phenoxy) is 2. The molecule has 0 saturated carbocycles. The van der Waals surface area contributed by atoms with Gasteiger partial charge in [-0.25, -0.2) is 0 Å². The van der Waals surface area contributed by atoms with Crippen LogP contribution in [0, 0.1) is 5.92 Å². The molecule has 2 fully saturated rings. The zero-order valence-corrected chi connectivity index (χ0v) is 23.5. The van der Waals surface area contributed by atoms with Crippen molar-refractivity contribution in [3.8, 4) is 0 Å². The van der Waals surface area contributed by atoms with E-state index in [1.54, 1.807) is 0 Å². The number of likely N-dealkylation sites (tertiary alicyclic amines) is 1. The summed E-state index contributed by atoms with van der Waals surface area (Å²) in [4.78, 5) is 15.0. The highest BCUT2D eigenvalue weighted by Crippen LogP contribution is 2.42. The topological polar surface area (TPSA) is 71.0 Å². The molecule has 4 atom stereocenters. The largest absolute Gasteiger partial charge is 0.392 e. The predicted octanol–water partition coefficient (Wildman–Crippen LogP) is 6.17. The Bertz CT molecular complexity index is 1190. The first-order chi connectivity index (χ1) is 19.6. The molecule has 0 aromatic heterocycles. The minimum atomic E-state index is -0.480. The van der Waals surface area contributed by atoms with Crippen LogP contribution in [0.5, 0.6) is 0 Å². The van der Waals surface area contributed by atoms with E-state index >= 15 is 0 Å². The molecule has 40 heavy (non-hydrogen) atoms. The summed E-state index contributed by atoms with van der Waals surface area (Å²) < 4.78 is 13.3. The molecular formula is C34H42N2O4. The highest BCUT2D eigenvalue weighted by molar-refractivity contribution is 5.94. The number of nitrogens with one attached hydrogen (secondary N) is 1. The number of carbonyl (C=O) groups is 1. The highest BCUT2D eigenvalue weighted by Gasteiger charge is 2.39. The van der Waals surface area contributed by atoms with Crippen molar-refractivity contribution in [1.82, 2.24) is 10.2 Å². The third-order valence-electron chi connectivity index (χ3n) is 8.25.